The number of carbonyl (C=O) groups is 2. The zero-order valence-electron chi connectivity index (χ0n) is 15.9. The van der Waals surface area contributed by atoms with Crippen molar-refractivity contribution in [2.75, 3.05) is 45.1 Å². The molecule has 1 atom stereocenters. The summed E-state index contributed by atoms with van der Waals surface area (Å²) in [5.74, 6) is -1.69. The molecule has 2 N–H and O–H groups in total. The summed E-state index contributed by atoms with van der Waals surface area (Å²) >= 11 is 0. The van der Waals surface area contributed by atoms with E-state index in [1.807, 2.05) is 6.07 Å². The van der Waals surface area contributed by atoms with Crippen LogP contribution in [0.3, 0.4) is 0 Å². The van der Waals surface area contributed by atoms with E-state index in [0.717, 1.165) is 31.7 Å². The normalized spacial score (nSPS) is 16.4. The van der Waals surface area contributed by atoms with Gasteiger partial charge in [-0.25, -0.2) is 4.39 Å². The molecule has 1 unspecified atom stereocenters. The number of carbonyl (C=O) groups excluding carboxylic acids is 2. The van der Waals surface area contributed by atoms with Gasteiger partial charge in [0.25, 0.3) is 0 Å². The minimum Gasteiger partial charge on any atom is -0.346 e. The molecule has 0 saturated carbocycles. The third-order valence-corrected chi connectivity index (χ3v) is 4.93. The standard InChI is InChI=1S/C21H25FN4O2/c1-25-11-13-26(14-12-25)19(16-7-9-17(22)10-8-16)15-23-20(27)21(28)24-18-5-3-2-4-6-18/h2-10,19H,11-15H2,1H3,(H,23,27)(H,24,28). The Labute approximate surface area is 164 Å². The van der Waals surface area contributed by atoms with Gasteiger partial charge in [0, 0.05) is 38.4 Å². The van der Waals surface area contributed by atoms with Gasteiger partial charge in [-0.15, -0.1) is 0 Å². The molecule has 1 aliphatic rings. The second-order valence-electron chi connectivity index (χ2n) is 6.94. The SMILES string of the molecule is CN1CCN(C(CNC(=O)C(=O)Nc2ccccc2)c2ccc(F)cc2)CC1. The van der Waals surface area contributed by atoms with Crippen molar-refractivity contribution in [3.05, 3.63) is 66.0 Å². The summed E-state index contributed by atoms with van der Waals surface area (Å²) < 4.78 is 13.3. The van der Waals surface area contributed by atoms with Crippen molar-refractivity contribution in [3.63, 3.8) is 0 Å². The lowest BCUT2D eigenvalue weighted by molar-refractivity contribution is -0.136. The van der Waals surface area contributed by atoms with Crippen LogP contribution in [0.15, 0.2) is 54.6 Å². The lowest BCUT2D eigenvalue weighted by atomic mass is 10.0. The van der Waals surface area contributed by atoms with Crippen LogP contribution in [-0.2, 0) is 9.59 Å². The average molecular weight is 384 g/mol. The largest absolute Gasteiger partial charge is 0.346 e. The molecule has 2 aromatic rings. The Kier molecular flexibility index (Phi) is 6.73. The molecule has 1 aliphatic heterocycles. The van der Waals surface area contributed by atoms with Gasteiger partial charge in [-0.1, -0.05) is 30.3 Å². The lowest BCUT2D eigenvalue weighted by Crippen LogP contribution is -2.49. The number of hydrogen-bond donors (Lipinski definition) is 2. The first kappa shape index (κ1) is 20.0. The third kappa shape index (κ3) is 5.37. The van der Waals surface area contributed by atoms with Crippen molar-refractivity contribution < 1.29 is 14.0 Å². The molecule has 3 rings (SSSR count). The summed E-state index contributed by atoms with van der Waals surface area (Å²) in [5, 5.41) is 5.30. The van der Waals surface area contributed by atoms with Gasteiger partial charge in [0.15, 0.2) is 0 Å². The van der Waals surface area contributed by atoms with Crippen molar-refractivity contribution >= 4 is 17.5 Å². The van der Waals surface area contributed by atoms with Gasteiger partial charge in [-0.3, -0.25) is 14.5 Å². The van der Waals surface area contributed by atoms with Crippen LogP contribution < -0.4 is 10.6 Å². The summed E-state index contributed by atoms with van der Waals surface area (Å²) in [6, 6.07) is 15.0. The first-order chi connectivity index (χ1) is 13.5. The van der Waals surface area contributed by atoms with Crippen LogP contribution in [-0.4, -0.2) is 61.4 Å². The second kappa shape index (κ2) is 9.43. The summed E-state index contributed by atoms with van der Waals surface area (Å²) in [5.41, 5.74) is 1.48. The van der Waals surface area contributed by atoms with Crippen molar-refractivity contribution in [3.8, 4) is 0 Å². The van der Waals surface area contributed by atoms with E-state index in [4.69, 9.17) is 0 Å². The highest BCUT2D eigenvalue weighted by molar-refractivity contribution is 6.39. The zero-order chi connectivity index (χ0) is 19.9. The molecule has 6 nitrogen and oxygen atoms in total. The molecule has 7 heteroatoms. The number of amides is 2. The second-order valence-corrected chi connectivity index (χ2v) is 6.94. The number of piperazine rings is 1. The van der Waals surface area contributed by atoms with Crippen molar-refractivity contribution in [2.45, 2.75) is 6.04 Å². The maximum absolute atomic E-state index is 13.3. The van der Waals surface area contributed by atoms with Crippen LogP contribution in [0.4, 0.5) is 10.1 Å². The quantitative estimate of drug-likeness (QED) is 0.773. The van der Waals surface area contributed by atoms with Crippen LogP contribution in [0.5, 0.6) is 0 Å². The van der Waals surface area contributed by atoms with Crippen molar-refractivity contribution in [1.29, 1.82) is 0 Å². The fourth-order valence-corrected chi connectivity index (χ4v) is 3.26. The van der Waals surface area contributed by atoms with E-state index in [1.165, 1.54) is 12.1 Å². The van der Waals surface area contributed by atoms with Gasteiger partial charge < -0.3 is 15.5 Å². The van der Waals surface area contributed by atoms with Crippen LogP contribution in [0.1, 0.15) is 11.6 Å². The molecule has 0 bridgehead atoms. The Hall–Kier alpha value is -2.77. The highest BCUT2D eigenvalue weighted by Crippen LogP contribution is 2.22. The maximum Gasteiger partial charge on any atom is 0.313 e. The monoisotopic (exact) mass is 384 g/mol. The van der Waals surface area contributed by atoms with Gasteiger partial charge >= 0.3 is 11.8 Å². The van der Waals surface area contributed by atoms with Crippen LogP contribution in [0, 0.1) is 5.82 Å². The molecule has 0 radical (unpaired) electrons. The number of para-hydroxylation sites is 1. The molecule has 2 amide bonds. The maximum atomic E-state index is 13.3. The van der Waals surface area contributed by atoms with Gasteiger partial charge in [0.05, 0.1) is 6.04 Å². The fourth-order valence-electron chi connectivity index (χ4n) is 3.26. The lowest BCUT2D eigenvalue weighted by Gasteiger charge is -2.38. The Bertz CT molecular complexity index is 790. The number of likely N-dealkylation sites (N-methyl/N-ethyl adjacent to an activating group) is 1. The van der Waals surface area contributed by atoms with Gasteiger partial charge in [0.2, 0.25) is 0 Å². The molecule has 28 heavy (non-hydrogen) atoms. The Morgan fingerprint density at radius 2 is 1.61 bits per heavy atom. The van der Waals surface area contributed by atoms with E-state index >= 15 is 0 Å². The molecule has 1 saturated heterocycles. The van der Waals surface area contributed by atoms with E-state index in [1.54, 1.807) is 36.4 Å². The number of hydrogen-bond acceptors (Lipinski definition) is 4. The summed E-state index contributed by atoms with van der Waals surface area (Å²) in [7, 11) is 2.07. The predicted molar refractivity (Wildman–Crippen MR) is 106 cm³/mol. The van der Waals surface area contributed by atoms with E-state index in [0.29, 0.717) is 5.69 Å². The number of halogens is 1. The minimum atomic E-state index is -0.706. The number of anilines is 1. The Morgan fingerprint density at radius 3 is 2.25 bits per heavy atom. The van der Waals surface area contributed by atoms with Gasteiger partial charge in [-0.2, -0.15) is 0 Å². The first-order valence-corrected chi connectivity index (χ1v) is 9.35. The Morgan fingerprint density at radius 1 is 0.964 bits per heavy atom. The van der Waals surface area contributed by atoms with Crippen LogP contribution in [0.25, 0.3) is 0 Å². The van der Waals surface area contributed by atoms with E-state index < -0.39 is 11.8 Å². The number of benzene rings is 2. The third-order valence-electron chi connectivity index (χ3n) is 4.93. The van der Waals surface area contributed by atoms with Crippen molar-refractivity contribution in [2.24, 2.45) is 0 Å². The number of nitrogens with one attached hydrogen (secondary N) is 2. The molecule has 1 heterocycles. The topological polar surface area (TPSA) is 64.7 Å². The minimum absolute atomic E-state index is 0.122. The average Bonchev–Trinajstić information content (AvgIpc) is 2.71. The zero-order valence-corrected chi connectivity index (χ0v) is 15.9. The molecule has 2 aromatic carbocycles. The molecule has 1 fully saturated rings. The number of nitrogens with zero attached hydrogens (tertiary/aromatic N) is 2. The van der Waals surface area contributed by atoms with E-state index in [-0.39, 0.29) is 18.4 Å². The van der Waals surface area contributed by atoms with Gasteiger partial charge in [-0.05, 0) is 36.9 Å². The van der Waals surface area contributed by atoms with Crippen LogP contribution >= 0.6 is 0 Å². The van der Waals surface area contributed by atoms with Crippen molar-refractivity contribution in [1.82, 2.24) is 15.1 Å². The highest BCUT2D eigenvalue weighted by atomic mass is 19.1. The highest BCUT2D eigenvalue weighted by Gasteiger charge is 2.25. The van der Waals surface area contributed by atoms with E-state index in [2.05, 4.69) is 27.5 Å². The molecular weight excluding hydrogens is 359 g/mol. The molecule has 0 aromatic heterocycles. The van der Waals surface area contributed by atoms with E-state index in [9.17, 15) is 14.0 Å². The molecule has 148 valence electrons. The summed E-state index contributed by atoms with van der Waals surface area (Å²) in [4.78, 5) is 28.9. The summed E-state index contributed by atoms with van der Waals surface area (Å²) in [6.07, 6.45) is 0. The molecule has 0 spiro atoms. The molecule has 0 aliphatic carbocycles. The fraction of sp³-hybridized carbons (Fsp3) is 0.333. The molecular formula is C21H25FN4O2. The predicted octanol–water partition coefficient (Wildman–Crippen LogP) is 1.87. The first-order valence-electron chi connectivity index (χ1n) is 9.35. The summed E-state index contributed by atoms with van der Waals surface area (Å²) in [6.45, 7) is 3.78. The number of rotatable bonds is 5. The smallest absolute Gasteiger partial charge is 0.313 e. The van der Waals surface area contributed by atoms with Crippen LogP contribution in [0.2, 0.25) is 0 Å². The Balaban J connectivity index is 1.64. The van der Waals surface area contributed by atoms with Gasteiger partial charge in [0.1, 0.15) is 5.82 Å².